The summed E-state index contributed by atoms with van der Waals surface area (Å²) in [7, 11) is 3.83. The number of aromatic nitrogens is 2. The van der Waals surface area contributed by atoms with Crippen molar-refractivity contribution >= 4 is 11.8 Å². The first-order chi connectivity index (χ1) is 8.29. The van der Waals surface area contributed by atoms with Crippen LogP contribution in [0.2, 0.25) is 0 Å². The summed E-state index contributed by atoms with van der Waals surface area (Å²) in [6, 6.07) is 1.90. The minimum Gasteiger partial charge on any atom is -0.379 e. The van der Waals surface area contributed by atoms with E-state index in [4.69, 9.17) is 4.74 Å². The topological polar surface area (TPSA) is 50.3 Å². The van der Waals surface area contributed by atoms with E-state index in [-0.39, 0.29) is 0 Å². The molecule has 1 heterocycles. The second kappa shape index (κ2) is 5.82. The predicted molar refractivity (Wildman–Crippen MR) is 68.4 cm³/mol. The van der Waals surface area contributed by atoms with Crippen molar-refractivity contribution < 1.29 is 4.74 Å². The van der Waals surface area contributed by atoms with E-state index < -0.39 is 0 Å². The van der Waals surface area contributed by atoms with Gasteiger partial charge in [-0.05, 0) is 24.8 Å². The lowest BCUT2D eigenvalue weighted by Crippen LogP contribution is -2.24. The summed E-state index contributed by atoms with van der Waals surface area (Å²) < 4.78 is 5.61. The molecule has 94 valence electrons. The van der Waals surface area contributed by atoms with Crippen LogP contribution >= 0.6 is 0 Å². The molecule has 1 aliphatic rings. The highest BCUT2D eigenvalue weighted by atomic mass is 16.5. The Bertz CT molecular complexity index is 354. The molecule has 5 nitrogen and oxygen atoms in total. The molecule has 0 amide bonds. The van der Waals surface area contributed by atoms with E-state index in [2.05, 4.69) is 20.2 Å². The normalized spacial score (nSPS) is 14.7. The number of nitrogens with one attached hydrogen (secondary N) is 1. The molecule has 0 aromatic carbocycles. The lowest BCUT2D eigenvalue weighted by molar-refractivity contribution is 0.131. The van der Waals surface area contributed by atoms with Crippen molar-refractivity contribution in [2.24, 2.45) is 5.92 Å². The van der Waals surface area contributed by atoms with Crippen LogP contribution in [0, 0.1) is 5.92 Å². The minimum absolute atomic E-state index is 0.647. The van der Waals surface area contributed by atoms with E-state index in [0.29, 0.717) is 5.95 Å². The van der Waals surface area contributed by atoms with E-state index in [1.54, 1.807) is 6.20 Å². The lowest BCUT2D eigenvalue weighted by atomic mass is 10.4. The summed E-state index contributed by atoms with van der Waals surface area (Å²) in [5.74, 6) is 2.39. The van der Waals surface area contributed by atoms with Gasteiger partial charge >= 0.3 is 0 Å². The van der Waals surface area contributed by atoms with Crippen molar-refractivity contribution in [3.8, 4) is 0 Å². The van der Waals surface area contributed by atoms with Gasteiger partial charge in [-0.1, -0.05) is 0 Å². The molecular formula is C12H20N4O. The summed E-state index contributed by atoms with van der Waals surface area (Å²) in [5.41, 5.74) is 0. The second-order valence-corrected chi connectivity index (χ2v) is 4.43. The fourth-order valence-electron chi connectivity index (χ4n) is 1.53. The number of rotatable bonds is 7. The maximum Gasteiger partial charge on any atom is 0.224 e. The Morgan fingerprint density at radius 2 is 2.35 bits per heavy atom. The predicted octanol–water partition coefficient (Wildman–Crippen LogP) is 1.38. The summed E-state index contributed by atoms with van der Waals surface area (Å²) in [6.07, 6.45) is 4.44. The molecule has 0 atom stereocenters. The fraction of sp³-hybridized carbons (Fsp3) is 0.667. The van der Waals surface area contributed by atoms with Crippen LogP contribution in [0.25, 0.3) is 0 Å². The molecule has 0 bridgehead atoms. The zero-order valence-electron chi connectivity index (χ0n) is 10.5. The third-order valence-corrected chi connectivity index (χ3v) is 2.88. The first-order valence-electron chi connectivity index (χ1n) is 6.09. The molecule has 0 saturated heterocycles. The third-order valence-electron chi connectivity index (χ3n) is 2.88. The summed E-state index contributed by atoms with van der Waals surface area (Å²) in [6.45, 7) is 2.53. The highest BCUT2D eigenvalue weighted by Gasteiger charge is 2.20. The number of hydrogen-bond donors (Lipinski definition) is 1. The van der Waals surface area contributed by atoms with E-state index >= 15 is 0 Å². The van der Waals surface area contributed by atoms with Gasteiger partial charge in [0.2, 0.25) is 5.95 Å². The maximum absolute atomic E-state index is 5.61. The first-order valence-corrected chi connectivity index (χ1v) is 6.09. The second-order valence-electron chi connectivity index (χ2n) is 4.43. The van der Waals surface area contributed by atoms with Gasteiger partial charge in [-0.2, -0.15) is 4.98 Å². The van der Waals surface area contributed by atoms with E-state index in [1.165, 1.54) is 12.8 Å². The van der Waals surface area contributed by atoms with Crippen molar-refractivity contribution in [2.45, 2.75) is 12.8 Å². The largest absolute Gasteiger partial charge is 0.379 e. The Hall–Kier alpha value is -1.36. The molecule has 1 fully saturated rings. The summed E-state index contributed by atoms with van der Waals surface area (Å²) in [4.78, 5) is 10.5. The molecule has 1 N–H and O–H groups in total. The van der Waals surface area contributed by atoms with Crippen molar-refractivity contribution in [1.29, 1.82) is 0 Å². The van der Waals surface area contributed by atoms with Crippen LogP contribution in [0.1, 0.15) is 12.8 Å². The van der Waals surface area contributed by atoms with Gasteiger partial charge in [-0.15, -0.1) is 0 Å². The van der Waals surface area contributed by atoms with Crippen molar-refractivity contribution in [1.82, 2.24) is 9.97 Å². The number of nitrogens with zero attached hydrogens (tertiary/aromatic N) is 3. The maximum atomic E-state index is 5.61. The van der Waals surface area contributed by atoms with Gasteiger partial charge in [-0.25, -0.2) is 4.98 Å². The van der Waals surface area contributed by atoms with Gasteiger partial charge < -0.3 is 15.0 Å². The van der Waals surface area contributed by atoms with Crippen LogP contribution in [0.15, 0.2) is 12.3 Å². The van der Waals surface area contributed by atoms with Crippen molar-refractivity contribution in [3.63, 3.8) is 0 Å². The molecular weight excluding hydrogens is 216 g/mol. The highest BCUT2D eigenvalue weighted by molar-refractivity contribution is 5.41. The monoisotopic (exact) mass is 236 g/mol. The first kappa shape index (κ1) is 12.1. The van der Waals surface area contributed by atoms with E-state index in [9.17, 15) is 0 Å². The average Bonchev–Trinajstić information content (AvgIpc) is 3.18. The number of anilines is 2. The minimum atomic E-state index is 0.647. The molecule has 17 heavy (non-hydrogen) atoms. The molecule has 0 aliphatic heterocycles. The highest BCUT2D eigenvalue weighted by Crippen LogP contribution is 2.28. The molecule has 5 heteroatoms. The molecule has 0 unspecified atom stereocenters. The Morgan fingerprint density at radius 1 is 1.53 bits per heavy atom. The van der Waals surface area contributed by atoms with Gasteiger partial charge in [-0.3, -0.25) is 0 Å². The Kier molecular flexibility index (Phi) is 4.14. The summed E-state index contributed by atoms with van der Waals surface area (Å²) >= 11 is 0. The lowest BCUT2D eigenvalue weighted by Gasteiger charge is -2.18. The molecule has 0 spiro atoms. The van der Waals surface area contributed by atoms with Crippen LogP contribution in [-0.4, -0.2) is 43.8 Å². The quantitative estimate of drug-likeness (QED) is 0.725. The molecule has 0 radical (unpaired) electrons. The van der Waals surface area contributed by atoms with Gasteiger partial charge in [0.05, 0.1) is 6.61 Å². The van der Waals surface area contributed by atoms with Crippen LogP contribution in [0.5, 0.6) is 0 Å². The zero-order valence-corrected chi connectivity index (χ0v) is 10.5. The van der Waals surface area contributed by atoms with E-state index in [0.717, 1.165) is 31.5 Å². The standard InChI is InChI=1S/C12H20N4O/c1-13-12-14-6-5-11(15-12)16(2)7-8-17-9-10-3-4-10/h5-6,10H,3-4,7-9H2,1-2H3,(H,13,14,15). The molecule has 2 rings (SSSR count). The Balaban J connectivity index is 1.74. The fourth-order valence-corrected chi connectivity index (χ4v) is 1.53. The smallest absolute Gasteiger partial charge is 0.224 e. The number of ether oxygens (including phenoxy) is 1. The zero-order chi connectivity index (χ0) is 12.1. The third kappa shape index (κ3) is 3.85. The molecule has 1 saturated carbocycles. The van der Waals surface area contributed by atoms with Gasteiger partial charge in [0.1, 0.15) is 5.82 Å². The number of hydrogen-bond acceptors (Lipinski definition) is 5. The van der Waals surface area contributed by atoms with Crippen LogP contribution in [0.3, 0.4) is 0 Å². The molecule has 1 aliphatic carbocycles. The van der Waals surface area contributed by atoms with Gasteiger partial charge in [0.15, 0.2) is 0 Å². The Morgan fingerprint density at radius 3 is 3.06 bits per heavy atom. The van der Waals surface area contributed by atoms with Crippen LogP contribution in [-0.2, 0) is 4.74 Å². The summed E-state index contributed by atoms with van der Waals surface area (Å²) in [5, 5.41) is 2.93. The van der Waals surface area contributed by atoms with Gasteiger partial charge in [0.25, 0.3) is 0 Å². The molecule has 1 aromatic rings. The Labute approximate surface area is 102 Å². The number of likely N-dealkylation sites (N-methyl/N-ethyl adjacent to an activating group) is 1. The SMILES string of the molecule is CNc1nccc(N(C)CCOCC2CC2)n1. The van der Waals surface area contributed by atoms with Crippen molar-refractivity contribution in [3.05, 3.63) is 12.3 Å². The van der Waals surface area contributed by atoms with Crippen molar-refractivity contribution in [2.75, 3.05) is 44.1 Å². The van der Waals surface area contributed by atoms with Crippen LogP contribution < -0.4 is 10.2 Å². The van der Waals surface area contributed by atoms with Crippen LogP contribution in [0.4, 0.5) is 11.8 Å². The van der Waals surface area contributed by atoms with Gasteiger partial charge in [0, 0.05) is 33.4 Å². The van der Waals surface area contributed by atoms with E-state index in [1.807, 2.05) is 20.2 Å². The molecule has 1 aromatic heterocycles. The average molecular weight is 236 g/mol.